The van der Waals surface area contributed by atoms with E-state index in [2.05, 4.69) is 52.8 Å². The number of aliphatic hydroxyl groups is 1. The maximum atomic E-state index is 10.2. The fourth-order valence-corrected chi connectivity index (χ4v) is 6.07. The Bertz CT molecular complexity index is 801. The highest BCUT2D eigenvalue weighted by Crippen LogP contribution is 2.59. The third-order valence-electron chi connectivity index (χ3n) is 8.41. The molecule has 1 nitrogen and oxygen atoms in total. The van der Waals surface area contributed by atoms with E-state index in [1.54, 1.807) is 0 Å². The van der Waals surface area contributed by atoms with Crippen molar-refractivity contribution in [1.82, 2.24) is 0 Å². The maximum Gasteiger partial charge on any atom is 0.0626 e. The average Bonchev–Trinajstić information content (AvgIpc) is 3.09. The molecule has 1 N–H and O–H groups in total. The zero-order valence-electron chi connectivity index (χ0n) is 22.3. The minimum Gasteiger partial charge on any atom is -0.393 e. The van der Waals surface area contributed by atoms with Crippen molar-refractivity contribution in [3.8, 4) is 0 Å². The largest absolute Gasteiger partial charge is 0.393 e. The molecule has 3 aliphatic carbocycles. The van der Waals surface area contributed by atoms with E-state index in [9.17, 15) is 5.11 Å². The van der Waals surface area contributed by atoms with Gasteiger partial charge in [-0.1, -0.05) is 76.6 Å². The summed E-state index contributed by atoms with van der Waals surface area (Å²) in [7, 11) is 0. The van der Waals surface area contributed by atoms with Gasteiger partial charge in [0.15, 0.2) is 0 Å². The second-order valence-corrected chi connectivity index (χ2v) is 10.7. The highest BCUT2D eigenvalue weighted by atomic mass is 16.3. The van der Waals surface area contributed by atoms with Crippen LogP contribution in [-0.2, 0) is 0 Å². The van der Waals surface area contributed by atoms with Gasteiger partial charge in [-0.25, -0.2) is 0 Å². The van der Waals surface area contributed by atoms with Crippen molar-refractivity contribution in [2.75, 3.05) is 0 Å². The highest BCUT2D eigenvalue weighted by molar-refractivity contribution is 5.36. The van der Waals surface area contributed by atoms with E-state index >= 15 is 0 Å². The smallest absolute Gasteiger partial charge is 0.0626 e. The van der Waals surface area contributed by atoms with Gasteiger partial charge >= 0.3 is 0 Å². The van der Waals surface area contributed by atoms with E-state index in [1.165, 1.54) is 31.3 Å². The lowest BCUT2D eigenvalue weighted by atomic mass is 9.61. The summed E-state index contributed by atoms with van der Waals surface area (Å²) in [6.45, 7) is 11.6. The van der Waals surface area contributed by atoms with Gasteiger partial charge < -0.3 is 5.11 Å². The molecule has 3 saturated carbocycles. The summed E-state index contributed by atoms with van der Waals surface area (Å²) in [6.07, 6.45) is 13.9. The number of aliphatic hydroxyl groups excluding tert-OH is 1. The SMILES string of the molecule is [2H]C([2H])=C1CC[C@H](O)CC1=C([2H])C=C1CCC[C@]2(C)[C@@H]([C@H](C)C=C[C@H](C)C(C)C)CC[C@@H]12. The first kappa shape index (κ1) is 18.7. The van der Waals surface area contributed by atoms with E-state index in [4.69, 9.17) is 4.11 Å². The number of hydrogen-bond acceptors (Lipinski definition) is 1. The third-order valence-corrected chi connectivity index (χ3v) is 8.41. The van der Waals surface area contributed by atoms with Gasteiger partial charge in [0.25, 0.3) is 0 Å². The van der Waals surface area contributed by atoms with Crippen LogP contribution in [0.1, 0.15) is 90.1 Å². The van der Waals surface area contributed by atoms with E-state index < -0.39 is 6.10 Å². The van der Waals surface area contributed by atoms with Crippen molar-refractivity contribution in [3.05, 3.63) is 47.5 Å². The lowest BCUT2D eigenvalue weighted by Gasteiger charge is -2.44. The highest BCUT2D eigenvalue weighted by Gasteiger charge is 2.50. The van der Waals surface area contributed by atoms with Crippen molar-refractivity contribution in [2.24, 2.45) is 35.0 Å². The van der Waals surface area contributed by atoms with Gasteiger partial charge in [-0.2, -0.15) is 0 Å². The number of allylic oxidation sites excluding steroid dienone is 6. The zero-order chi connectivity index (χ0) is 23.6. The van der Waals surface area contributed by atoms with Gasteiger partial charge in [-0.15, -0.1) is 0 Å². The lowest BCUT2D eigenvalue weighted by Crippen LogP contribution is -2.35. The fourth-order valence-electron chi connectivity index (χ4n) is 6.07. The monoisotopic (exact) mass is 399 g/mol. The van der Waals surface area contributed by atoms with Crippen molar-refractivity contribution in [2.45, 2.75) is 92.1 Å². The summed E-state index contributed by atoms with van der Waals surface area (Å²) < 4.78 is 24.4. The molecule has 0 bridgehead atoms. The third kappa shape index (κ3) is 4.98. The molecule has 6 atom stereocenters. The number of hydrogen-bond donors (Lipinski definition) is 1. The van der Waals surface area contributed by atoms with E-state index in [1.807, 2.05) is 0 Å². The molecule has 0 aromatic carbocycles. The molecular weight excluding hydrogens is 352 g/mol. The molecule has 0 heterocycles. The van der Waals surface area contributed by atoms with Crippen molar-refractivity contribution >= 4 is 0 Å². The molecule has 0 unspecified atom stereocenters. The standard InChI is InChI=1S/C28H44O/c1-19(2)20(3)9-10-22(5)26-15-16-27-23(8-7-17-28(26,27)6)12-13-24-18-25(29)14-11-21(24)4/h9-10,12-13,19-20,22,25-27,29H,4,7-8,11,14-18H2,1-3,5-6H3/t20-,22+,25-,26+,27-,28+/m0/s1/i4D2,13D. The summed E-state index contributed by atoms with van der Waals surface area (Å²) >= 11 is 0. The quantitative estimate of drug-likeness (QED) is 0.471. The molecule has 0 amide bonds. The Morgan fingerprint density at radius 3 is 2.69 bits per heavy atom. The Morgan fingerprint density at radius 2 is 1.97 bits per heavy atom. The van der Waals surface area contributed by atoms with E-state index in [0.29, 0.717) is 60.5 Å². The lowest BCUT2D eigenvalue weighted by molar-refractivity contribution is 0.112. The van der Waals surface area contributed by atoms with Crippen LogP contribution in [0.25, 0.3) is 0 Å². The minimum absolute atomic E-state index is 0.194. The molecule has 3 fully saturated rings. The van der Waals surface area contributed by atoms with E-state index in [-0.39, 0.29) is 11.9 Å². The predicted octanol–water partition coefficient (Wildman–Crippen LogP) is 7.64. The Kier molecular flexibility index (Phi) is 6.04. The molecule has 1 heteroatoms. The maximum absolute atomic E-state index is 10.2. The molecule has 0 saturated heterocycles. The summed E-state index contributed by atoms with van der Waals surface area (Å²) in [5, 5.41) is 10.2. The number of fused-ring (bicyclic) bond motifs is 1. The van der Waals surface area contributed by atoms with Gasteiger partial charge in [0.05, 0.1) is 10.2 Å². The second kappa shape index (κ2) is 9.38. The van der Waals surface area contributed by atoms with Gasteiger partial charge in [-0.05, 0) is 91.9 Å². The minimum atomic E-state index is -0.458. The van der Waals surface area contributed by atoms with Crippen LogP contribution in [0.15, 0.2) is 47.5 Å². The predicted molar refractivity (Wildman–Crippen MR) is 126 cm³/mol. The van der Waals surface area contributed by atoms with Crippen LogP contribution in [0, 0.1) is 35.0 Å². The van der Waals surface area contributed by atoms with Gasteiger partial charge in [0.2, 0.25) is 0 Å². The van der Waals surface area contributed by atoms with Crippen LogP contribution < -0.4 is 0 Å². The summed E-state index contributed by atoms with van der Waals surface area (Å²) in [5.74, 6) is 3.04. The van der Waals surface area contributed by atoms with Crippen LogP contribution in [0.4, 0.5) is 0 Å². The fraction of sp³-hybridized carbons (Fsp3) is 0.714. The Balaban J connectivity index is 1.85. The second-order valence-electron chi connectivity index (χ2n) is 10.7. The summed E-state index contributed by atoms with van der Waals surface area (Å²) in [4.78, 5) is 0. The molecule has 0 radical (unpaired) electrons. The van der Waals surface area contributed by atoms with E-state index in [0.717, 1.165) is 12.0 Å². The molecule has 0 aliphatic heterocycles. The van der Waals surface area contributed by atoms with Crippen LogP contribution in [0.5, 0.6) is 0 Å². The molecule has 0 aromatic heterocycles. The van der Waals surface area contributed by atoms with Crippen molar-refractivity contribution < 1.29 is 9.22 Å². The van der Waals surface area contributed by atoms with Gasteiger partial charge in [0, 0.05) is 0 Å². The topological polar surface area (TPSA) is 20.2 Å². The first-order valence-corrected chi connectivity index (χ1v) is 12.0. The summed E-state index contributed by atoms with van der Waals surface area (Å²) in [5.41, 5.74) is 3.04. The molecule has 29 heavy (non-hydrogen) atoms. The molecule has 3 rings (SSSR count). The average molecular weight is 400 g/mol. The first-order valence-electron chi connectivity index (χ1n) is 13.5. The van der Waals surface area contributed by atoms with Crippen LogP contribution >= 0.6 is 0 Å². The molecule has 3 aliphatic rings. The Morgan fingerprint density at radius 1 is 1.17 bits per heavy atom. The van der Waals surface area contributed by atoms with Gasteiger partial charge in [0.1, 0.15) is 0 Å². The Hall–Kier alpha value is -1.08. The van der Waals surface area contributed by atoms with Crippen LogP contribution in [0.2, 0.25) is 0 Å². The van der Waals surface area contributed by atoms with Gasteiger partial charge in [-0.3, -0.25) is 0 Å². The normalized spacial score (nSPS) is 39.8. The molecule has 0 aromatic rings. The van der Waals surface area contributed by atoms with Crippen molar-refractivity contribution in [1.29, 1.82) is 0 Å². The van der Waals surface area contributed by atoms with Crippen LogP contribution in [-0.4, -0.2) is 11.2 Å². The molecule has 162 valence electrons. The Labute approximate surface area is 184 Å². The number of rotatable bonds is 5. The zero-order valence-corrected chi connectivity index (χ0v) is 19.3. The summed E-state index contributed by atoms with van der Waals surface area (Å²) in [6, 6.07) is 0.428. The first-order chi connectivity index (χ1) is 15.0. The van der Waals surface area contributed by atoms with Crippen LogP contribution in [0.3, 0.4) is 0 Å². The molecular formula is C28H44O. The van der Waals surface area contributed by atoms with Crippen molar-refractivity contribution in [3.63, 3.8) is 0 Å². The molecule has 0 spiro atoms.